The molecule has 0 aliphatic carbocycles. The summed E-state index contributed by atoms with van der Waals surface area (Å²) >= 11 is 3.34. The molecule has 1 N–H and O–H groups in total. The Morgan fingerprint density at radius 2 is 1.94 bits per heavy atom. The molecule has 6 heteroatoms. The van der Waals surface area contributed by atoms with Crippen molar-refractivity contribution >= 4 is 25.8 Å². The number of aromatic amines is 1. The van der Waals surface area contributed by atoms with Gasteiger partial charge in [-0.2, -0.15) is 5.10 Å². The van der Waals surface area contributed by atoms with Gasteiger partial charge in [0.15, 0.2) is 9.84 Å². The monoisotopic (exact) mass is 314 g/mol. The van der Waals surface area contributed by atoms with Gasteiger partial charge >= 0.3 is 0 Å². The number of halogens is 1. The van der Waals surface area contributed by atoms with Crippen molar-refractivity contribution in [3.05, 3.63) is 34.9 Å². The van der Waals surface area contributed by atoms with Crippen molar-refractivity contribution in [1.29, 1.82) is 0 Å². The second-order valence-corrected chi connectivity index (χ2v) is 6.68. The predicted octanol–water partition coefficient (Wildman–Crippen LogP) is 2.63. The minimum absolute atomic E-state index is 0.0655. The van der Waals surface area contributed by atoms with Gasteiger partial charge in [0.1, 0.15) is 4.90 Å². The van der Waals surface area contributed by atoms with Crippen molar-refractivity contribution in [2.45, 2.75) is 11.8 Å². The highest BCUT2D eigenvalue weighted by Gasteiger charge is 2.19. The van der Waals surface area contributed by atoms with Gasteiger partial charge in [-0.15, -0.1) is 0 Å². The van der Waals surface area contributed by atoms with Crippen LogP contribution in [-0.4, -0.2) is 24.4 Å². The first-order valence-corrected chi connectivity index (χ1v) is 7.51. The Balaban J connectivity index is 2.55. The number of benzene rings is 1. The number of nitrogens with zero attached hydrogens (tertiary/aromatic N) is 1. The number of aromatic nitrogens is 2. The SMILES string of the molecule is CCS(=O)(=O)c1cn[nH]c1-c1ccc(Br)cc1. The lowest BCUT2D eigenvalue weighted by Crippen LogP contribution is -2.03. The topological polar surface area (TPSA) is 62.8 Å². The van der Waals surface area contributed by atoms with Crippen LogP contribution in [0.5, 0.6) is 0 Å². The molecule has 90 valence electrons. The van der Waals surface area contributed by atoms with Crippen LogP contribution < -0.4 is 0 Å². The van der Waals surface area contributed by atoms with E-state index in [9.17, 15) is 8.42 Å². The van der Waals surface area contributed by atoms with Crippen LogP contribution in [0.25, 0.3) is 11.3 Å². The molecule has 0 saturated heterocycles. The maximum atomic E-state index is 11.9. The lowest BCUT2D eigenvalue weighted by molar-refractivity contribution is 0.597. The normalized spacial score (nSPS) is 11.6. The number of H-pyrrole nitrogens is 1. The summed E-state index contributed by atoms with van der Waals surface area (Å²) in [5.74, 6) is 0.0655. The Morgan fingerprint density at radius 3 is 2.53 bits per heavy atom. The molecule has 0 fully saturated rings. The zero-order valence-electron chi connectivity index (χ0n) is 9.14. The highest BCUT2D eigenvalue weighted by atomic mass is 79.9. The highest BCUT2D eigenvalue weighted by Crippen LogP contribution is 2.26. The van der Waals surface area contributed by atoms with Crippen LogP contribution in [0.1, 0.15) is 6.92 Å². The molecule has 0 aliphatic rings. The van der Waals surface area contributed by atoms with Gasteiger partial charge in [-0.1, -0.05) is 35.0 Å². The summed E-state index contributed by atoms with van der Waals surface area (Å²) in [6.45, 7) is 1.62. The Morgan fingerprint density at radius 1 is 1.29 bits per heavy atom. The van der Waals surface area contributed by atoms with E-state index in [1.165, 1.54) is 6.20 Å². The molecule has 0 spiro atoms. The number of sulfone groups is 1. The van der Waals surface area contributed by atoms with Crippen molar-refractivity contribution in [2.75, 3.05) is 5.75 Å². The van der Waals surface area contributed by atoms with Gasteiger partial charge in [-0.25, -0.2) is 8.42 Å². The number of hydrogen-bond donors (Lipinski definition) is 1. The number of nitrogens with one attached hydrogen (secondary N) is 1. The van der Waals surface area contributed by atoms with E-state index in [1.54, 1.807) is 6.92 Å². The molecule has 1 aromatic carbocycles. The van der Waals surface area contributed by atoms with Crippen molar-refractivity contribution in [3.63, 3.8) is 0 Å². The van der Waals surface area contributed by atoms with Crippen LogP contribution >= 0.6 is 15.9 Å². The zero-order chi connectivity index (χ0) is 12.5. The van der Waals surface area contributed by atoms with Crippen LogP contribution in [0.4, 0.5) is 0 Å². The Hall–Kier alpha value is -1.14. The van der Waals surface area contributed by atoms with Gasteiger partial charge in [0.2, 0.25) is 0 Å². The van der Waals surface area contributed by atoms with Crippen molar-refractivity contribution < 1.29 is 8.42 Å². The molecule has 2 rings (SSSR count). The van der Waals surface area contributed by atoms with E-state index >= 15 is 0 Å². The van der Waals surface area contributed by atoms with Gasteiger partial charge in [-0.3, -0.25) is 5.10 Å². The standard InChI is InChI=1S/C11H11BrN2O2S/c1-2-17(15,16)10-7-13-14-11(10)8-3-5-9(12)6-4-8/h3-7H,2H2,1H3,(H,13,14). The Labute approximate surface area is 108 Å². The van der Waals surface area contributed by atoms with Crippen LogP contribution in [0.2, 0.25) is 0 Å². The molecular weight excluding hydrogens is 304 g/mol. The van der Waals surface area contributed by atoms with E-state index in [0.717, 1.165) is 10.0 Å². The molecule has 17 heavy (non-hydrogen) atoms. The zero-order valence-corrected chi connectivity index (χ0v) is 11.5. The van der Waals surface area contributed by atoms with Crippen LogP contribution in [-0.2, 0) is 9.84 Å². The Bertz CT molecular complexity index is 617. The summed E-state index contributed by atoms with van der Waals surface area (Å²) in [5, 5.41) is 6.56. The molecule has 0 aliphatic heterocycles. The highest BCUT2D eigenvalue weighted by molar-refractivity contribution is 9.10. The maximum absolute atomic E-state index is 11.9. The maximum Gasteiger partial charge on any atom is 0.181 e. The van der Waals surface area contributed by atoms with E-state index in [2.05, 4.69) is 26.1 Å². The fourth-order valence-corrected chi connectivity index (χ4v) is 2.75. The predicted molar refractivity (Wildman–Crippen MR) is 69.5 cm³/mol. The average molecular weight is 315 g/mol. The molecule has 0 saturated carbocycles. The summed E-state index contributed by atoms with van der Waals surface area (Å²) in [5.41, 5.74) is 1.34. The van der Waals surface area contributed by atoms with Gasteiger partial charge in [0.05, 0.1) is 17.6 Å². The number of hydrogen-bond acceptors (Lipinski definition) is 3. The van der Waals surface area contributed by atoms with E-state index in [1.807, 2.05) is 24.3 Å². The fourth-order valence-electron chi connectivity index (χ4n) is 1.49. The Kier molecular flexibility index (Phi) is 3.35. The summed E-state index contributed by atoms with van der Waals surface area (Å²) in [7, 11) is -3.25. The van der Waals surface area contributed by atoms with E-state index < -0.39 is 9.84 Å². The molecule has 0 amide bonds. The van der Waals surface area contributed by atoms with Gasteiger partial charge in [0, 0.05) is 10.0 Å². The minimum atomic E-state index is -3.25. The van der Waals surface area contributed by atoms with Gasteiger partial charge in [-0.05, 0) is 12.1 Å². The lowest BCUT2D eigenvalue weighted by atomic mass is 10.2. The average Bonchev–Trinajstić information content (AvgIpc) is 2.80. The number of rotatable bonds is 3. The first-order valence-electron chi connectivity index (χ1n) is 5.06. The third-order valence-corrected chi connectivity index (χ3v) is 4.72. The summed E-state index contributed by atoms with van der Waals surface area (Å²) in [4.78, 5) is 0.252. The largest absolute Gasteiger partial charge is 0.276 e. The third kappa shape index (κ3) is 2.42. The lowest BCUT2D eigenvalue weighted by Gasteiger charge is -2.03. The van der Waals surface area contributed by atoms with Crippen LogP contribution in [0, 0.1) is 0 Å². The summed E-state index contributed by atoms with van der Waals surface area (Å²) < 4.78 is 24.7. The summed E-state index contributed by atoms with van der Waals surface area (Å²) in [6, 6.07) is 7.40. The first kappa shape index (κ1) is 12.3. The van der Waals surface area contributed by atoms with Gasteiger partial charge < -0.3 is 0 Å². The molecular formula is C11H11BrN2O2S. The first-order chi connectivity index (χ1) is 8.04. The smallest absolute Gasteiger partial charge is 0.181 e. The van der Waals surface area contributed by atoms with Crippen molar-refractivity contribution in [3.8, 4) is 11.3 Å². The van der Waals surface area contributed by atoms with Crippen LogP contribution in [0.15, 0.2) is 39.8 Å². The molecule has 2 aromatic rings. The fraction of sp³-hybridized carbons (Fsp3) is 0.182. The molecule has 1 aromatic heterocycles. The van der Waals surface area contributed by atoms with E-state index in [4.69, 9.17) is 0 Å². The van der Waals surface area contributed by atoms with E-state index in [0.29, 0.717) is 5.69 Å². The molecule has 0 radical (unpaired) electrons. The van der Waals surface area contributed by atoms with Crippen molar-refractivity contribution in [2.24, 2.45) is 0 Å². The quantitative estimate of drug-likeness (QED) is 0.947. The van der Waals surface area contributed by atoms with Gasteiger partial charge in [0.25, 0.3) is 0 Å². The second-order valence-electron chi connectivity index (χ2n) is 3.52. The van der Waals surface area contributed by atoms with Crippen LogP contribution in [0.3, 0.4) is 0 Å². The minimum Gasteiger partial charge on any atom is -0.276 e. The molecule has 4 nitrogen and oxygen atoms in total. The second kappa shape index (κ2) is 4.62. The van der Waals surface area contributed by atoms with Crippen molar-refractivity contribution in [1.82, 2.24) is 10.2 Å². The molecule has 0 atom stereocenters. The molecule has 0 bridgehead atoms. The molecule has 0 unspecified atom stereocenters. The van der Waals surface area contributed by atoms with E-state index in [-0.39, 0.29) is 10.6 Å². The molecule has 1 heterocycles. The third-order valence-electron chi connectivity index (χ3n) is 2.45. The summed E-state index contributed by atoms with van der Waals surface area (Å²) in [6.07, 6.45) is 1.36.